The second-order valence-electron chi connectivity index (χ2n) is 6.17. The minimum absolute atomic E-state index is 0.0942. The maximum absolute atomic E-state index is 12.1. The third-order valence-corrected chi connectivity index (χ3v) is 3.60. The van der Waals surface area contributed by atoms with Gasteiger partial charge in [0.1, 0.15) is 11.8 Å². The Morgan fingerprint density at radius 1 is 1.19 bits per heavy atom. The summed E-state index contributed by atoms with van der Waals surface area (Å²) in [4.78, 5) is 36.6. The van der Waals surface area contributed by atoms with Crippen LogP contribution >= 0.6 is 0 Å². The minimum atomic E-state index is -0.604. The molecule has 26 heavy (non-hydrogen) atoms. The van der Waals surface area contributed by atoms with Gasteiger partial charge in [0.05, 0.1) is 14.2 Å². The van der Waals surface area contributed by atoms with Gasteiger partial charge in [-0.05, 0) is 25.5 Å². The summed E-state index contributed by atoms with van der Waals surface area (Å²) in [5, 5.41) is 8.13. The largest absolute Gasteiger partial charge is 0.497 e. The highest BCUT2D eigenvalue weighted by Gasteiger charge is 2.19. The van der Waals surface area contributed by atoms with Gasteiger partial charge < -0.3 is 25.6 Å². The molecule has 0 radical (unpaired) electrons. The molecule has 3 amide bonds. The van der Waals surface area contributed by atoms with E-state index in [0.717, 1.165) is 6.42 Å². The van der Waals surface area contributed by atoms with E-state index >= 15 is 0 Å². The molecule has 2 atom stereocenters. The summed E-state index contributed by atoms with van der Waals surface area (Å²) in [5.74, 6) is -0.0556. The molecule has 1 aromatic rings. The van der Waals surface area contributed by atoms with Crippen LogP contribution in [0, 0.1) is 0 Å². The van der Waals surface area contributed by atoms with Crippen molar-refractivity contribution >= 4 is 23.4 Å². The van der Waals surface area contributed by atoms with E-state index in [9.17, 15) is 14.4 Å². The number of likely N-dealkylation sites (N-methyl/N-ethyl adjacent to an activating group) is 1. The molecule has 0 aromatic heterocycles. The maximum atomic E-state index is 12.1. The molecule has 8 nitrogen and oxygen atoms in total. The van der Waals surface area contributed by atoms with E-state index in [0.29, 0.717) is 22.9 Å². The van der Waals surface area contributed by atoms with Crippen molar-refractivity contribution in [3.05, 3.63) is 24.3 Å². The Bertz CT molecular complexity index is 621. The number of ether oxygens (including phenoxy) is 1. The number of carbonyl (C=O) groups is 3. The third-order valence-electron chi connectivity index (χ3n) is 3.60. The van der Waals surface area contributed by atoms with E-state index in [1.807, 2.05) is 6.92 Å². The summed E-state index contributed by atoms with van der Waals surface area (Å²) < 4.78 is 5.11. The normalized spacial score (nSPS) is 12.6. The van der Waals surface area contributed by atoms with Crippen LogP contribution in [0.25, 0.3) is 0 Å². The second kappa shape index (κ2) is 11.1. The molecular formula is C18H29N4O4+. The van der Waals surface area contributed by atoms with Gasteiger partial charge in [0, 0.05) is 18.3 Å². The fourth-order valence-electron chi connectivity index (χ4n) is 2.28. The Morgan fingerprint density at radius 2 is 1.88 bits per heavy atom. The number of anilines is 1. The molecule has 0 aliphatic rings. The number of benzene rings is 1. The SMILES string of the molecule is CCCNC(=O)[C@H](C)NC(=O)C[NH+](C)CC(=O)Nc1cccc(OC)c1. The highest BCUT2D eigenvalue weighted by atomic mass is 16.5. The number of rotatable bonds is 10. The molecule has 144 valence electrons. The smallest absolute Gasteiger partial charge is 0.279 e. The van der Waals surface area contributed by atoms with Gasteiger partial charge in [0.15, 0.2) is 13.1 Å². The lowest BCUT2D eigenvalue weighted by Crippen LogP contribution is -3.11. The average Bonchev–Trinajstić information content (AvgIpc) is 2.59. The molecule has 0 aliphatic carbocycles. The Balaban J connectivity index is 2.39. The van der Waals surface area contributed by atoms with Gasteiger partial charge >= 0.3 is 0 Å². The van der Waals surface area contributed by atoms with Gasteiger partial charge in [0.2, 0.25) is 5.91 Å². The number of amides is 3. The van der Waals surface area contributed by atoms with Gasteiger partial charge in [0.25, 0.3) is 11.8 Å². The Hall–Kier alpha value is -2.61. The first kappa shape index (κ1) is 21.4. The fourth-order valence-corrected chi connectivity index (χ4v) is 2.28. The fraction of sp³-hybridized carbons (Fsp3) is 0.500. The van der Waals surface area contributed by atoms with Gasteiger partial charge in [-0.3, -0.25) is 14.4 Å². The Morgan fingerprint density at radius 3 is 2.54 bits per heavy atom. The molecule has 0 saturated carbocycles. The number of quaternary nitrogens is 1. The van der Waals surface area contributed by atoms with Crippen LogP contribution in [-0.4, -0.2) is 57.6 Å². The van der Waals surface area contributed by atoms with E-state index in [4.69, 9.17) is 4.74 Å². The molecule has 0 bridgehead atoms. The predicted molar refractivity (Wildman–Crippen MR) is 99.1 cm³/mol. The molecule has 0 spiro atoms. The van der Waals surface area contributed by atoms with Crippen molar-refractivity contribution in [3.63, 3.8) is 0 Å². The number of hydrogen-bond acceptors (Lipinski definition) is 4. The highest BCUT2D eigenvalue weighted by Crippen LogP contribution is 2.16. The molecule has 1 aromatic carbocycles. The zero-order chi connectivity index (χ0) is 19.5. The monoisotopic (exact) mass is 365 g/mol. The number of carbonyl (C=O) groups excluding carboxylic acids is 3. The zero-order valence-electron chi connectivity index (χ0n) is 15.8. The van der Waals surface area contributed by atoms with Crippen molar-refractivity contribution in [2.45, 2.75) is 26.3 Å². The van der Waals surface area contributed by atoms with E-state index in [1.165, 1.54) is 0 Å². The average molecular weight is 365 g/mol. The van der Waals surface area contributed by atoms with E-state index in [1.54, 1.807) is 45.3 Å². The molecule has 8 heteroatoms. The molecular weight excluding hydrogens is 336 g/mol. The number of methoxy groups -OCH3 is 1. The Kier molecular flexibility index (Phi) is 9.14. The van der Waals surface area contributed by atoms with Crippen LogP contribution < -0.4 is 25.6 Å². The zero-order valence-corrected chi connectivity index (χ0v) is 15.8. The summed E-state index contributed by atoms with van der Waals surface area (Å²) in [6, 6.07) is 6.45. The van der Waals surface area contributed by atoms with E-state index in [2.05, 4.69) is 16.0 Å². The molecule has 0 heterocycles. The van der Waals surface area contributed by atoms with Crippen LogP contribution in [0.5, 0.6) is 5.75 Å². The van der Waals surface area contributed by atoms with Crippen molar-refractivity contribution < 1.29 is 24.0 Å². The van der Waals surface area contributed by atoms with E-state index < -0.39 is 6.04 Å². The van der Waals surface area contributed by atoms with Crippen molar-refractivity contribution in [1.29, 1.82) is 0 Å². The van der Waals surface area contributed by atoms with Crippen LogP contribution in [0.2, 0.25) is 0 Å². The Labute approximate surface area is 154 Å². The van der Waals surface area contributed by atoms with Crippen molar-refractivity contribution in [2.24, 2.45) is 0 Å². The van der Waals surface area contributed by atoms with Crippen LogP contribution in [0.15, 0.2) is 24.3 Å². The van der Waals surface area contributed by atoms with Crippen molar-refractivity contribution in [3.8, 4) is 5.75 Å². The molecule has 0 fully saturated rings. The molecule has 1 unspecified atom stereocenters. The summed E-state index contributed by atoms with van der Waals surface area (Å²) in [7, 11) is 3.30. The molecule has 1 rings (SSSR count). The van der Waals surface area contributed by atoms with E-state index in [-0.39, 0.29) is 30.8 Å². The van der Waals surface area contributed by atoms with Crippen LogP contribution in [0.3, 0.4) is 0 Å². The minimum Gasteiger partial charge on any atom is -0.497 e. The summed E-state index contributed by atoms with van der Waals surface area (Å²) in [6.07, 6.45) is 0.835. The first-order valence-corrected chi connectivity index (χ1v) is 8.68. The van der Waals surface area contributed by atoms with Gasteiger partial charge in [-0.1, -0.05) is 13.0 Å². The lowest BCUT2D eigenvalue weighted by molar-refractivity contribution is -0.862. The van der Waals surface area contributed by atoms with Gasteiger partial charge in [-0.15, -0.1) is 0 Å². The third kappa shape index (κ3) is 7.98. The number of nitrogens with one attached hydrogen (secondary N) is 4. The van der Waals surface area contributed by atoms with Crippen molar-refractivity contribution in [1.82, 2.24) is 10.6 Å². The summed E-state index contributed by atoms with van der Waals surface area (Å²) in [5.41, 5.74) is 0.632. The summed E-state index contributed by atoms with van der Waals surface area (Å²) >= 11 is 0. The van der Waals surface area contributed by atoms with Crippen LogP contribution in [0.1, 0.15) is 20.3 Å². The highest BCUT2D eigenvalue weighted by molar-refractivity contribution is 5.92. The maximum Gasteiger partial charge on any atom is 0.279 e. The lowest BCUT2D eigenvalue weighted by atomic mass is 10.3. The predicted octanol–water partition coefficient (Wildman–Crippen LogP) is -0.821. The first-order valence-electron chi connectivity index (χ1n) is 8.68. The molecule has 4 N–H and O–H groups in total. The first-order chi connectivity index (χ1) is 12.3. The molecule has 0 saturated heterocycles. The lowest BCUT2D eigenvalue weighted by Gasteiger charge is -2.17. The van der Waals surface area contributed by atoms with Crippen LogP contribution in [0.4, 0.5) is 5.69 Å². The topological polar surface area (TPSA) is 101 Å². The quantitative estimate of drug-likeness (QED) is 0.435. The van der Waals surface area contributed by atoms with Gasteiger partial charge in [-0.2, -0.15) is 0 Å². The van der Waals surface area contributed by atoms with Crippen LogP contribution in [-0.2, 0) is 14.4 Å². The number of hydrogen-bond donors (Lipinski definition) is 4. The van der Waals surface area contributed by atoms with Gasteiger partial charge in [-0.25, -0.2) is 0 Å². The second-order valence-corrected chi connectivity index (χ2v) is 6.17. The molecule has 0 aliphatic heterocycles. The van der Waals surface area contributed by atoms with Crippen molar-refractivity contribution in [2.75, 3.05) is 39.1 Å². The summed E-state index contributed by atoms with van der Waals surface area (Å²) in [6.45, 7) is 4.39. The standard InChI is InChI=1S/C18H28N4O4/c1-5-9-19-18(25)13(2)20-16(23)11-22(3)12-17(24)21-14-7-6-8-15(10-14)26-4/h6-8,10,13H,5,9,11-12H2,1-4H3,(H,19,25)(H,20,23)(H,21,24)/p+1/t13-/m0/s1.